The van der Waals surface area contributed by atoms with Crippen LogP contribution in [-0.2, 0) is 10.2 Å². The molecular formula is C11H24N2O3S. The van der Waals surface area contributed by atoms with E-state index in [-0.39, 0.29) is 6.04 Å². The predicted molar refractivity (Wildman–Crippen MR) is 67.9 cm³/mol. The molecule has 0 bridgehead atoms. The van der Waals surface area contributed by atoms with E-state index < -0.39 is 16.3 Å². The van der Waals surface area contributed by atoms with Crippen LogP contribution in [0.2, 0.25) is 0 Å². The summed E-state index contributed by atoms with van der Waals surface area (Å²) in [4.78, 5) is 0. The van der Waals surface area contributed by atoms with E-state index in [0.717, 1.165) is 12.8 Å². The van der Waals surface area contributed by atoms with Crippen LogP contribution < -0.4 is 0 Å². The molecule has 0 aromatic carbocycles. The van der Waals surface area contributed by atoms with Gasteiger partial charge in [-0.05, 0) is 26.2 Å². The minimum Gasteiger partial charge on any atom is -0.393 e. The number of aliphatic hydroxyl groups excluding tert-OH is 1. The zero-order valence-corrected chi connectivity index (χ0v) is 11.8. The number of hydrogen-bond acceptors (Lipinski definition) is 3. The van der Waals surface area contributed by atoms with Crippen molar-refractivity contribution in [3.63, 3.8) is 0 Å². The summed E-state index contributed by atoms with van der Waals surface area (Å²) >= 11 is 0. The van der Waals surface area contributed by atoms with E-state index in [1.54, 1.807) is 11.2 Å². The summed E-state index contributed by atoms with van der Waals surface area (Å²) in [6.07, 6.45) is 1.82. The maximum Gasteiger partial charge on any atom is 0.282 e. The van der Waals surface area contributed by atoms with Crippen LogP contribution in [0, 0.1) is 0 Å². The van der Waals surface area contributed by atoms with Gasteiger partial charge in [-0.2, -0.15) is 17.0 Å². The number of aliphatic hydroxyl groups is 1. The SMILES string of the molecule is CCN(CC)S(=O)(=O)N1CCCC1CC(C)O. The van der Waals surface area contributed by atoms with Crippen molar-refractivity contribution in [2.24, 2.45) is 0 Å². The lowest BCUT2D eigenvalue weighted by atomic mass is 10.1. The Labute approximate surface area is 105 Å². The first kappa shape index (κ1) is 14.9. The summed E-state index contributed by atoms with van der Waals surface area (Å²) in [5.74, 6) is 0. The van der Waals surface area contributed by atoms with Crippen LogP contribution in [0.5, 0.6) is 0 Å². The van der Waals surface area contributed by atoms with Gasteiger partial charge >= 0.3 is 0 Å². The van der Waals surface area contributed by atoms with Gasteiger partial charge in [0.2, 0.25) is 0 Å². The minimum absolute atomic E-state index is 0.0411. The van der Waals surface area contributed by atoms with E-state index in [0.29, 0.717) is 26.1 Å². The monoisotopic (exact) mass is 264 g/mol. The van der Waals surface area contributed by atoms with Crippen LogP contribution >= 0.6 is 0 Å². The smallest absolute Gasteiger partial charge is 0.282 e. The summed E-state index contributed by atoms with van der Waals surface area (Å²) in [6.45, 7) is 6.98. The molecule has 1 rings (SSSR count). The van der Waals surface area contributed by atoms with Gasteiger partial charge in [0.1, 0.15) is 0 Å². The van der Waals surface area contributed by atoms with Crippen LogP contribution in [-0.4, -0.2) is 53.9 Å². The standard InChI is InChI=1S/C11H24N2O3S/c1-4-12(5-2)17(15,16)13-8-6-7-11(13)9-10(3)14/h10-11,14H,4-9H2,1-3H3. The highest BCUT2D eigenvalue weighted by Crippen LogP contribution is 2.26. The third-order valence-corrected chi connectivity index (χ3v) is 5.51. The zero-order valence-electron chi connectivity index (χ0n) is 11.0. The summed E-state index contributed by atoms with van der Waals surface area (Å²) < 4.78 is 27.8. The highest BCUT2D eigenvalue weighted by atomic mass is 32.2. The Kier molecular flexibility index (Phi) is 5.37. The van der Waals surface area contributed by atoms with Crippen molar-refractivity contribution in [3.8, 4) is 0 Å². The van der Waals surface area contributed by atoms with Crippen molar-refractivity contribution in [2.45, 2.75) is 52.2 Å². The molecule has 0 radical (unpaired) electrons. The molecule has 0 aromatic heterocycles. The average molecular weight is 264 g/mol. The van der Waals surface area contributed by atoms with Crippen LogP contribution in [0.25, 0.3) is 0 Å². The Morgan fingerprint density at radius 1 is 1.41 bits per heavy atom. The Bertz CT molecular complexity index is 326. The lowest BCUT2D eigenvalue weighted by Gasteiger charge is -2.30. The third-order valence-electron chi connectivity index (χ3n) is 3.26. The maximum absolute atomic E-state index is 12.4. The van der Waals surface area contributed by atoms with Crippen molar-refractivity contribution < 1.29 is 13.5 Å². The fourth-order valence-corrected chi connectivity index (χ4v) is 4.32. The molecule has 1 N–H and O–H groups in total. The lowest BCUT2D eigenvalue weighted by Crippen LogP contribution is -2.46. The minimum atomic E-state index is -3.34. The molecule has 17 heavy (non-hydrogen) atoms. The lowest BCUT2D eigenvalue weighted by molar-refractivity contribution is 0.156. The van der Waals surface area contributed by atoms with Crippen molar-refractivity contribution in [1.29, 1.82) is 0 Å². The molecule has 0 saturated carbocycles. The molecule has 102 valence electrons. The van der Waals surface area contributed by atoms with E-state index in [9.17, 15) is 13.5 Å². The van der Waals surface area contributed by atoms with Crippen LogP contribution in [0.1, 0.15) is 40.0 Å². The second kappa shape index (κ2) is 6.13. The summed E-state index contributed by atoms with van der Waals surface area (Å²) in [6, 6.07) is -0.0411. The zero-order chi connectivity index (χ0) is 13.1. The Hall–Kier alpha value is -0.170. The highest BCUT2D eigenvalue weighted by Gasteiger charge is 2.37. The molecule has 0 amide bonds. The fraction of sp³-hybridized carbons (Fsp3) is 1.00. The maximum atomic E-state index is 12.4. The second-order valence-electron chi connectivity index (χ2n) is 4.58. The molecular weight excluding hydrogens is 240 g/mol. The molecule has 1 fully saturated rings. The number of nitrogens with zero attached hydrogens (tertiary/aromatic N) is 2. The van der Waals surface area contributed by atoms with Gasteiger partial charge in [-0.15, -0.1) is 0 Å². The van der Waals surface area contributed by atoms with Crippen molar-refractivity contribution in [2.75, 3.05) is 19.6 Å². The van der Waals surface area contributed by atoms with Crippen LogP contribution in [0.15, 0.2) is 0 Å². The van der Waals surface area contributed by atoms with Gasteiger partial charge in [-0.25, -0.2) is 0 Å². The second-order valence-corrected chi connectivity index (χ2v) is 6.46. The van der Waals surface area contributed by atoms with E-state index in [4.69, 9.17) is 0 Å². The van der Waals surface area contributed by atoms with E-state index in [2.05, 4.69) is 0 Å². The first-order valence-electron chi connectivity index (χ1n) is 6.38. The highest BCUT2D eigenvalue weighted by molar-refractivity contribution is 7.86. The van der Waals surface area contributed by atoms with Gasteiger partial charge in [0.15, 0.2) is 0 Å². The van der Waals surface area contributed by atoms with Crippen molar-refractivity contribution in [1.82, 2.24) is 8.61 Å². The Balaban J connectivity index is 2.82. The molecule has 5 nitrogen and oxygen atoms in total. The molecule has 1 heterocycles. The summed E-state index contributed by atoms with van der Waals surface area (Å²) in [5.41, 5.74) is 0. The van der Waals surface area contributed by atoms with Crippen molar-refractivity contribution in [3.05, 3.63) is 0 Å². The molecule has 0 spiro atoms. The molecule has 2 unspecified atom stereocenters. The molecule has 0 aliphatic carbocycles. The molecule has 1 aliphatic rings. The van der Waals surface area contributed by atoms with Gasteiger partial charge in [0.25, 0.3) is 10.2 Å². The molecule has 1 aliphatic heterocycles. The first-order chi connectivity index (χ1) is 7.93. The Morgan fingerprint density at radius 3 is 2.47 bits per heavy atom. The fourth-order valence-electron chi connectivity index (χ4n) is 2.44. The number of rotatable bonds is 6. The molecule has 6 heteroatoms. The van der Waals surface area contributed by atoms with Crippen LogP contribution in [0.4, 0.5) is 0 Å². The first-order valence-corrected chi connectivity index (χ1v) is 7.78. The largest absolute Gasteiger partial charge is 0.393 e. The quantitative estimate of drug-likeness (QED) is 0.772. The van der Waals surface area contributed by atoms with Gasteiger partial charge in [-0.1, -0.05) is 13.8 Å². The normalized spacial score (nSPS) is 24.4. The van der Waals surface area contributed by atoms with Crippen molar-refractivity contribution >= 4 is 10.2 Å². The van der Waals surface area contributed by atoms with Crippen LogP contribution in [0.3, 0.4) is 0 Å². The predicted octanol–water partition coefficient (Wildman–Crippen LogP) is 0.808. The molecule has 0 aromatic rings. The average Bonchev–Trinajstić information content (AvgIpc) is 2.66. The van der Waals surface area contributed by atoms with Gasteiger partial charge in [0, 0.05) is 25.7 Å². The molecule has 1 saturated heterocycles. The third kappa shape index (κ3) is 3.40. The summed E-state index contributed by atoms with van der Waals surface area (Å²) in [5, 5.41) is 9.41. The van der Waals surface area contributed by atoms with E-state index >= 15 is 0 Å². The van der Waals surface area contributed by atoms with Gasteiger partial charge in [0.05, 0.1) is 6.10 Å². The van der Waals surface area contributed by atoms with Gasteiger partial charge < -0.3 is 5.11 Å². The summed E-state index contributed by atoms with van der Waals surface area (Å²) in [7, 11) is -3.34. The Morgan fingerprint density at radius 2 is 2.00 bits per heavy atom. The topological polar surface area (TPSA) is 60.9 Å². The van der Waals surface area contributed by atoms with Gasteiger partial charge in [-0.3, -0.25) is 0 Å². The molecule has 2 atom stereocenters. The van der Waals surface area contributed by atoms with E-state index in [1.165, 1.54) is 4.31 Å². The van der Waals surface area contributed by atoms with E-state index in [1.807, 2.05) is 13.8 Å². The number of hydrogen-bond donors (Lipinski definition) is 1.